The molecule has 0 spiro atoms. The molecule has 1 aliphatic heterocycles. The molecule has 0 aromatic heterocycles. The van der Waals surface area contributed by atoms with Gasteiger partial charge in [-0.05, 0) is 38.3 Å². The van der Waals surface area contributed by atoms with E-state index in [-0.39, 0.29) is 12.5 Å². The average Bonchev–Trinajstić information content (AvgIpc) is 2.37. The van der Waals surface area contributed by atoms with Crippen molar-refractivity contribution in [3.63, 3.8) is 0 Å². The molecule has 1 fully saturated rings. The lowest BCUT2D eigenvalue weighted by atomic mass is 9.97. The van der Waals surface area contributed by atoms with Crippen LogP contribution in [0, 0.1) is 5.92 Å². The number of carbonyl (C=O) groups is 1. The van der Waals surface area contributed by atoms with E-state index >= 15 is 0 Å². The van der Waals surface area contributed by atoms with Gasteiger partial charge >= 0.3 is 0 Å². The lowest BCUT2D eigenvalue weighted by Crippen LogP contribution is -2.42. The van der Waals surface area contributed by atoms with Crippen LogP contribution in [0.4, 0.5) is 0 Å². The molecule has 0 saturated carbocycles. The van der Waals surface area contributed by atoms with Crippen LogP contribution in [0.1, 0.15) is 33.1 Å². The fraction of sp³-hybridized carbons (Fsp3) is 0.923. The zero-order chi connectivity index (χ0) is 12.5. The predicted molar refractivity (Wildman–Crippen MR) is 69.0 cm³/mol. The van der Waals surface area contributed by atoms with Gasteiger partial charge in [-0.2, -0.15) is 0 Å². The van der Waals surface area contributed by atoms with Gasteiger partial charge in [-0.15, -0.1) is 0 Å². The molecule has 1 aliphatic rings. The first-order valence-electron chi connectivity index (χ1n) is 6.84. The molecule has 100 valence electrons. The van der Waals surface area contributed by atoms with Crippen LogP contribution in [0.15, 0.2) is 0 Å². The maximum Gasteiger partial charge on any atom is 0.248 e. The van der Waals surface area contributed by atoms with Crippen molar-refractivity contribution in [3.8, 4) is 0 Å². The van der Waals surface area contributed by atoms with Crippen LogP contribution in [0.5, 0.6) is 0 Å². The Morgan fingerprint density at radius 3 is 2.65 bits per heavy atom. The van der Waals surface area contributed by atoms with Crippen molar-refractivity contribution in [2.24, 2.45) is 5.92 Å². The van der Waals surface area contributed by atoms with Crippen molar-refractivity contribution >= 4 is 5.91 Å². The second kappa shape index (κ2) is 8.48. The van der Waals surface area contributed by atoms with Crippen molar-refractivity contribution in [2.45, 2.75) is 33.1 Å². The minimum Gasteiger partial charge on any atom is -0.372 e. The highest BCUT2D eigenvalue weighted by Gasteiger charge is 2.22. The maximum atomic E-state index is 11.8. The van der Waals surface area contributed by atoms with Crippen molar-refractivity contribution in [1.82, 2.24) is 10.2 Å². The van der Waals surface area contributed by atoms with E-state index in [1.165, 1.54) is 0 Å². The molecule has 0 aromatic rings. The predicted octanol–water partition coefficient (Wildman–Crippen LogP) is 1.26. The highest BCUT2D eigenvalue weighted by molar-refractivity contribution is 5.77. The van der Waals surface area contributed by atoms with E-state index in [4.69, 9.17) is 4.74 Å². The van der Waals surface area contributed by atoms with Crippen LogP contribution >= 0.6 is 0 Å². The lowest BCUT2D eigenvalue weighted by Gasteiger charge is -2.32. The molecule has 0 aromatic carbocycles. The molecule has 1 saturated heterocycles. The van der Waals surface area contributed by atoms with Crippen molar-refractivity contribution in [2.75, 3.05) is 39.4 Å². The van der Waals surface area contributed by atoms with E-state index < -0.39 is 0 Å². The number of carbonyl (C=O) groups excluding carboxylic acids is 1. The molecule has 4 nitrogen and oxygen atoms in total. The summed E-state index contributed by atoms with van der Waals surface area (Å²) in [7, 11) is 0. The number of piperidine rings is 1. The highest BCUT2D eigenvalue weighted by Crippen LogP contribution is 2.16. The van der Waals surface area contributed by atoms with Gasteiger partial charge in [0.2, 0.25) is 5.91 Å². The molecule has 0 atom stereocenters. The minimum absolute atomic E-state index is 0.153. The van der Waals surface area contributed by atoms with Gasteiger partial charge in [0.1, 0.15) is 6.61 Å². The minimum atomic E-state index is 0.153. The van der Waals surface area contributed by atoms with Gasteiger partial charge in [0.25, 0.3) is 0 Å². The summed E-state index contributed by atoms with van der Waals surface area (Å²) >= 11 is 0. The van der Waals surface area contributed by atoms with E-state index in [1.54, 1.807) is 0 Å². The number of rotatable bonds is 7. The number of nitrogens with zero attached hydrogens (tertiary/aromatic N) is 1. The summed E-state index contributed by atoms with van der Waals surface area (Å²) in [4.78, 5) is 13.7. The summed E-state index contributed by atoms with van der Waals surface area (Å²) in [5, 5.41) is 3.38. The van der Waals surface area contributed by atoms with E-state index in [0.717, 1.165) is 51.4 Å². The quantitative estimate of drug-likeness (QED) is 0.683. The number of ether oxygens (including phenoxy) is 1. The Morgan fingerprint density at radius 2 is 2.06 bits per heavy atom. The third-order valence-electron chi connectivity index (χ3n) is 3.22. The highest BCUT2D eigenvalue weighted by atomic mass is 16.5. The van der Waals surface area contributed by atoms with E-state index in [2.05, 4.69) is 19.2 Å². The monoisotopic (exact) mass is 242 g/mol. The first-order chi connectivity index (χ1) is 8.27. The first-order valence-corrected chi connectivity index (χ1v) is 6.84. The zero-order valence-electron chi connectivity index (χ0n) is 11.2. The third-order valence-corrected chi connectivity index (χ3v) is 3.22. The normalized spacial score (nSPS) is 17.4. The van der Waals surface area contributed by atoms with Crippen LogP contribution in [-0.4, -0.2) is 50.2 Å². The summed E-state index contributed by atoms with van der Waals surface area (Å²) in [5.41, 5.74) is 0. The van der Waals surface area contributed by atoms with E-state index in [1.807, 2.05) is 4.90 Å². The zero-order valence-corrected chi connectivity index (χ0v) is 11.2. The summed E-state index contributed by atoms with van der Waals surface area (Å²) in [6, 6.07) is 0. The van der Waals surface area contributed by atoms with Crippen LogP contribution in [0.2, 0.25) is 0 Å². The second-order valence-electron chi connectivity index (χ2n) is 4.68. The van der Waals surface area contributed by atoms with Crippen molar-refractivity contribution in [3.05, 3.63) is 0 Å². The molecule has 0 radical (unpaired) electrons. The largest absolute Gasteiger partial charge is 0.372 e. The molecule has 4 heteroatoms. The SMILES string of the molecule is CCCOCC(=O)N1CCC(CNCC)CC1. The molecular weight excluding hydrogens is 216 g/mol. The molecule has 0 bridgehead atoms. The molecule has 17 heavy (non-hydrogen) atoms. The number of likely N-dealkylation sites (tertiary alicyclic amines) is 1. The molecule has 1 amide bonds. The molecule has 1 N–H and O–H groups in total. The van der Waals surface area contributed by atoms with Crippen LogP contribution in [0.3, 0.4) is 0 Å². The Morgan fingerprint density at radius 1 is 1.35 bits per heavy atom. The second-order valence-corrected chi connectivity index (χ2v) is 4.68. The molecule has 1 rings (SSSR count). The fourth-order valence-corrected chi connectivity index (χ4v) is 2.13. The number of amides is 1. The Labute approximate surface area is 105 Å². The molecule has 1 heterocycles. The van der Waals surface area contributed by atoms with Gasteiger partial charge in [-0.1, -0.05) is 13.8 Å². The van der Waals surface area contributed by atoms with Gasteiger partial charge in [0, 0.05) is 19.7 Å². The summed E-state index contributed by atoms with van der Waals surface area (Å²) in [6.45, 7) is 9.03. The standard InChI is InChI=1S/C13H26N2O2/c1-3-9-17-11-13(16)15-7-5-12(6-8-15)10-14-4-2/h12,14H,3-11H2,1-2H3. The van der Waals surface area contributed by atoms with E-state index in [0.29, 0.717) is 6.61 Å². The number of nitrogens with one attached hydrogen (secondary N) is 1. The number of hydrogen-bond donors (Lipinski definition) is 1. The lowest BCUT2D eigenvalue weighted by molar-refractivity contribution is -0.137. The average molecular weight is 242 g/mol. The third kappa shape index (κ3) is 5.50. The van der Waals surface area contributed by atoms with Crippen molar-refractivity contribution in [1.29, 1.82) is 0 Å². The van der Waals surface area contributed by atoms with Crippen LogP contribution in [-0.2, 0) is 9.53 Å². The first kappa shape index (κ1) is 14.5. The Kier molecular flexibility index (Phi) is 7.21. The number of hydrogen-bond acceptors (Lipinski definition) is 3. The van der Waals surface area contributed by atoms with Gasteiger partial charge < -0.3 is 15.0 Å². The fourth-order valence-electron chi connectivity index (χ4n) is 2.13. The van der Waals surface area contributed by atoms with Gasteiger partial charge in [-0.25, -0.2) is 0 Å². The van der Waals surface area contributed by atoms with Gasteiger partial charge in [-0.3, -0.25) is 4.79 Å². The summed E-state index contributed by atoms with van der Waals surface area (Å²) in [6.07, 6.45) is 3.21. The molecular formula is C13H26N2O2. The Balaban J connectivity index is 2.15. The topological polar surface area (TPSA) is 41.6 Å². The van der Waals surface area contributed by atoms with Gasteiger partial charge in [0.05, 0.1) is 0 Å². The Hall–Kier alpha value is -0.610. The summed E-state index contributed by atoms with van der Waals surface area (Å²) in [5.74, 6) is 0.885. The summed E-state index contributed by atoms with van der Waals surface area (Å²) < 4.78 is 5.29. The van der Waals surface area contributed by atoms with Crippen LogP contribution < -0.4 is 5.32 Å². The maximum absolute atomic E-state index is 11.8. The van der Waals surface area contributed by atoms with Crippen LogP contribution in [0.25, 0.3) is 0 Å². The van der Waals surface area contributed by atoms with E-state index in [9.17, 15) is 4.79 Å². The Bertz CT molecular complexity index is 213. The van der Waals surface area contributed by atoms with Crippen molar-refractivity contribution < 1.29 is 9.53 Å². The molecule has 0 aliphatic carbocycles. The van der Waals surface area contributed by atoms with Gasteiger partial charge in [0.15, 0.2) is 0 Å². The molecule has 0 unspecified atom stereocenters. The smallest absolute Gasteiger partial charge is 0.248 e.